The molecule has 0 N–H and O–H groups in total. The van der Waals surface area contributed by atoms with Crippen LogP contribution in [0.5, 0.6) is 0 Å². The van der Waals surface area contributed by atoms with Crippen LogP contribution in [0.1, 0.15) is 30.5 Å². The first kappa shape index (κ1) is 11.5. The number of hydrogen-bond acceptors (Lipinski definition) is 4. The molecule has 0 unspecified atom stereocenters. The highest BCUT2D eigenvalue weighted by molar-refractivity contribution is 5.50. The molecule has 4 rings (SSSR count). The average Bonchev–Trinajstić information content (AvgIpc) is 2.88. The van der Waals surface area contributed by atoms with Crippen LogP contribution >= 0.6 is 0 Å². The monoisotopic (exact) mass is 269 g/mol. The minimum atomic E-state index is 0.583. The molecule has 1 aliphatic carbocycles. The van der Waals surface area contributed by atoms with E-state index in [1.807, 2.05) is 36.0 Å². The number of hydrogen-bond donors (Lipinski definition) is 0. The Bertz CT molecular complexity index is 721. The Hall–Kier alpha value is -2.37. The Balaban J connectivity index is 1.60. The van der Waals surface area contributed by atoms with E-state index in [4.69, 9.17) is 4.42 Å². The molecule has 0 amide bonds. The third-order valence-electron chi connectivity index (χ3n) is 3.57. The lowest BCUT2D eigenvalue weighted by molar-refractivity contribution is 0.569. The van der Waals surface area contributed by atoms with Crippen molar-refractivity contribution in [2.24, 2.45) is 0 Å². The molecule has 0 atom stereocenters. The Labute approximate surface area is 116 Å². The summed E-state index contributed by atoms with van der Waals surface area (Å²) in [5, 5.41) is 13.0. The number of aromatic nitrogens is 5. The van der Waals surface area contributed by atoms with Gasteiger partial charge in [0.05, 0.1) is 6.26 Å². The zero-order valence-corrected chi connectivity index (χ0v) is 11.2. The van der Waals surface area contributed by atoms with E-state index in [0.717, 1.165) is 23.1 Å². The molecule has 0 saturated heterocycles. The largest absolute Gasteiger partial charge is 0.463 e. The molecule has 3 aromatic heterocycles. The molecular formula is C14H15N5O. The highest BCUT2D eigenvalue weighted by atomic mass is 16.3. The molecule has 0 bridgehead atoms. The second-order valence-corrected chi connectivity index (χ2v) is 5.14. The summed E-state index contributed by atoms with van der Waals surface area (Å²) in [6, 6.07) is 6.30. The number of rotatable bonds is 4. The summed E-state index contributed by atoms with van der Waals surface area (Å²) in [7, 11) is 0. The highest BCUT2D eigenvalue weighted by Crippen LogP contribution is 2.36. The van der Waals surface area contributed by atoms with Gasteiger partial charge in [0.2, 0.25) is 0 Å². The van der Waals surface area contributed by atoms with Crippen LogP contribution < -0.4 is 0 Å². The van der Waals surface area contributed by atoms with Gasteiger partial charge in [-0.3, -0.25) is 4.68 Å². The molecule has 102 valence electrons. The molecule has 3 heterocycles. The van der Waals surface area contributed by atoms with Crippen LogP contribution in [0.3, 0.4) is 0 Å². The normalized spacial score (nSPS) is 14.8. The first-order valence-electron chi connectivity index (χ1n) is 6.79. The van der Waals surface area contributed by atoms with E-state index in [0.29, 0.717) is 12.6 Å². The van der Waals surface area contributed by atoms with E-state index in [1.54, 1.807) is 6.26 Å². The fraction of sp³-hybridized carbons (Fsp3) is 0.357. The lowest BCUT2D eigenvalue weighted by Crippen LogP contribution is -2.09. The quantitative estimate of drug-likeness (QED) is 0.729. The molecule has 6 nitrogen and oxygen atoms in total. The topological polar surface area (TPSA) is 61.7 Å². The second kappa shape index (κ2) is 4.33. The van der Waals surface area contributed by atoms with Crippen molar-refractivity contribution in [2.75, 3.05) is 0 Å². The molecule has 6 heteroatoms. The predicted molar refractivity (Wildman–Crippen MR) is 72.1 cm³/mol. The van der Waals surface area contributed by atoms with Crippen molar-refractivity contribution in [3.05, 3.63) is 42.3 Å². The number of furan rings is 1. The van der Waals surface area contributed by atoms with Crippen molar-refractivity contribution >= 4 is 0 Å². The second-order valence-electron chi connectivity index (χ2n) is 5.14. The number of aryl methyl sites for hydroxylation is 1. The molecule has 0 radical (unpaired) electrons. The molecular weight excluding hydrogens is 254 g/mol. The van der Waals surface area contributed by atoms with Crippen molar-refractivity contribution in [1.29, 1.82) is 0 Å². The summed E-state index contributed by atoms with van der Waals surface area (Å²) < 4.78 is 9.46. The first-order valence-corrected chi connectivity index (χ1v) is 6.79. The molecule has 1 fully saturated rings. The lowest BCUT2D eigenvalue weighted by atomic mass is 10.3. The van der Waals surface area contributed by atoms with Gasteiger partial charge in [0.15, 0.2) is 11.6 Å². The van der Waals surface area contributed by atoms with Gasteiger partial charge in [-0.05, 0) is 38.0 Å². The third kappa shape index (κ3) is 1.93. The van der Waals surface area contributed by atoms with Crippen molar-refractivity contribution < 1.29 is 4.42 Å². The highest BCUT2D eigenvalue weighted by Gasteiger charge is 2.28. The lowest BCUT2D eigenvalue weighted by Gasteiger charge is -2.06. The molecule has 0 aromatic carbocycles. The SMILES string of the molecule is Cc1nnc(Cn2ccc(-c3ccco3)n2)n1C1CC1. The summed E-state index contributed by atoms with van der Waals surface area (Å²) in [6.45, 7) is 2.64. The van der Waals surface area contributed by atoms with Crippen molar-refractivity contribution in [3.63, 3.8) is 0 Å². The van der Waals surface area contributed by atoms with Crippen LogP contribution in [0.25, 0.3) is 11.5 Å². The van der Waals surface area contributed by atoms with Crippen LogP contribution in [0.2, 0.25) is 0 Å². The summed E-state index contributed by atoms with van der Waals surface area (Å²) in [4.78, 5) is 0. The number of nitrogens with zero attached hydrogens (tertiary/aromatic N) is 5. The maximum Gasteiger partial charge on any atom is 0.155 e. The smallest absolute Gasteiger partial charge is 0.155 e. The summed E-state index contributed by atoms with van der Waals surface area (Å²) in [5.41, 5.74) is 0.837. The van der Waals surface area contributed by atoms with Gasteiger partial charge in [-0.25, -0.2) is 0 Å². The molecule has 1 aliphatic rings. The van der Waals surface area contributed by atoms with E-state index < -0.39 is 0 Å². The van der Waals surface area contributed by atoms with Gasteiger partial charge in [0.25, 0.3) is 0 Å². The maximum absolute atomic E-state index is 5.35. The van der Waals surface area contributed by atoms with Crippen LogP contribution in [0.4, 0.5) is 0 Å². The Kier molecular flexibility index (Phi) is 2.48. The summed E-state index contributed by atoms with van der Waals surface area (Å²) >= 11 is 0. The first-order chi connectivity index (χ1) is 9.81. The van der Waals surface area contributed by atoms with E-state index >= 15 is 0 Å². The van der Waals surface area contributed by atoms with Crippen LogP contribution in [-0.2, 0) is 6.54 Å². The van der Waals surface area contributed by atoms with Crippen LogP contribution in [0.15, 0.2) is 35.1 Å². The maximum atomic E-state index is 5.35. The van der Waals surface area contributed by atoms with E-state index in [-0.39, 0.29) is 0 Å². The Morgan fingerprint density at radius 2 is 2.20 bits per heavy atom. The van der Waals surface area contributed by atoms with Gasteiger partial charge < -0.3 is 8.98 Å². The van der Waals surface area contributed by atoms with Gasteiger partial charge >= 0.3 is 0 Å². The molecule has 3 aromatic rings. The van der Waals surface area contributed by atoms with Crippen molar-refractivity contribution in [2.45, 2.75) is 32.4 Å². The minimum absolute atomic E-state index is 0.583. The average molecular weight is 269 g/mol. The van der Waals surface area contributed by atoms with Gasteiger partial charge in [0, 0.05) is 12.2 Å². The third-order valence-corrected chi connectivity index (χ3v) is 3.57. The van der Waals surface area contributed by atoms with Gasteiger partial charge in [0.1, 0.15) is 18.1 Å². The van der Waals surface area contributed by atoms with E-state index in [1.165, 1.54) is 12.8 Å². The van der Waals surface area contributed by atoms with E-state index in [2.05, 4.69) is 19.9 Å². The van der Waals surface area contributed by atoms with Gasteiger partial charge in [-0.1, -0.05) is 0 Å². The van der Waals surface area contributed by atoms with Crippen molar-refractivity contribution in [3.8, 4) is 11.5 Å². The molecule has 1 saturated carbocycles. The van der Waals surface area contributed by atoms with Crippen LogP contribution in [0, 0.1) is 6.92 Å². The zero-order valence-electron chi connectivity index (χ0n) is 11.2. The van der Waals surface area contributed by atoms with E-state index in [9.17, 15) is 0 Å². The van der Waals surface area contributed by atoms with Crippen molar-refractivity contribution in [1.82, 2.24) is 24.5 Å². The Morgan fingerprint density at radius 1 is 1.30 bits per heavy atom. The fourth-order valence-electron chi connectivity index (χ4n) is 2.48. The van der Waals surface area contributed by atoms with Gasteiger partial charge in [-0.15, -0.1) is 10.2 Å². The summed E-state index contributed by atoms with van der Waals surface area (Å²) in [6.07, 6.45) is 6.05. The zero-order chi connectivity index (χ0) is 13.5. The molecule has 0 aliphatic heterocycles. The fourth-order valence-corrected chi connectivity index (χ4v) is 2.48. The molecule has 0 spiro atoms. The Morgan fingerprint density at radius 3 is 2.95 bits per heavy atom. The predicted octanol–water partition coefficient (Wildman–Crippen LogP) is 2.43. The minimum Gasteiger partial charge on any atom is -0.463 e. The summed E-state index contributed by atoms with van der Waals surface area (Å²) in [5.74, 6) is 2.74. The standard InChI is InChI=1S/C14H15N5O/c1-10-15-16-14(19(10)11-4-5-11)9-18-7-6-12(17-18)13-3-2-8-20-13/h2-3,6-8,11H,4-5,9H2,1H3. The van der Waals surface area contributed by atoms with Crippen LogP contribution in [-0.4, -0.2) is 24.5 Å². The molecule has 20 heavy (non-hydrogen) atoms. The van der Waals surface area contributed by atoms with Gasteiger partial charge in [-0.2, -0.15) is 5.10 Å².